The van der Waals surface area contributed by atoms with E-state index in [0.29, 0.717) is 16.3 Å². The van der Waals surface area contributed by atoms with E-state index in [2.05, 4.69) is 10.6 Å². The van der Waals surface area contributed by atoms with Gasteiger partial charge in [0.15, 0.2) is 0 Å². The van der Waals surface area contributed by atoms with Gasteiger partial charge in [-0.15, -0.1) is 0 Å². The molecule has 0 spiro atoms. The Balaban J connectivity index is 2.17. The van der Waals surface area contributed by atoms with E-state index in [-0.39, 0.29) is 6.42 Å². The van der Waals surface area contributed by atoms with Crippen molar-refractivity contribution in [3.05, 3.63) is 99.6 Å². The fourth-order valence-corrected chi connectivity index (χ4v) is 5.23. The molecule has 0 fully saturated rings. The summed E-state index contributed by atoms with van der Waals surface area (Å²) in [7, 11) is 0. The predicted octanol–water partition coefficient (Wildman–Crippen LogP) is 7.71. The molecule has 2 unspecified atom stereocenters. The first-order valence-corrected chi connectivity index (χ1v) is 14.9. The fourth-order valence-electron chi connectivity index (χ4n) is 4.96. The van der Waals surface area contributed by atoms with Crippen molar-refractivity contribution in [2.24, 2.45) is 0 Å². The monoisotopic (exact) mass is 605 g/mol. The van der Waals surface area contributed by atoms with Crippen LogP contribution < -0.4 is 10.6 Å². The van der Waals surface area contributed by atoms with Crippen LogP contribution in [0, 0.1) is 20.8 Å². The van der Waals surface area contributed by atoms with Crippen molar-refractivity contribution >= 4 is 35.2 Å². The van der Waals surface area contributed by atoms with Crippen LogP contribution in [0.4, 0.5) is 10.5 Å². The zero-order valence-electron chi connectivity index (χ0n) is 26.7. The van der Waals surface area contributed by atoms with Gasteiger partial charge in [-0.2, -0.15) is 0 Å². The van der Waals surface area contributed by atoms with E-state index in [4.69, 9.17) is 16.3 Å². The lowest BCUT2D eigenvalue weighted by molar-refractivity contribution is -0.146. The van der Waals surface area contributed by atoms with Gasteiger partial charge in [0.05, 0.1) is 10.7 Å². The lowest BCUT2D eigenvalue weighted by Gasteiger charge is -2.43. The van der Waals surface area contributed by atoms with Gasteiger partial charge < -0.3 is 20.3 Å². The van der Waals surface area contributed by atoms with Crippen molar-refractivity contribution in [1.82, 2.24) is 10.2 Å². The third kappa shape index (κ3) is 8.83. The molecule has 0 aliphatic heterocycles. The van der Waals surface area contributed by atoms with Crippen LogP contribution in [0.3, 0.4) is 0 Å². The van der Waals surface area contributed by atoms with Crippen molar-refractivity contribution in [3.63, 3.8) is 0 Å². The summed E-state index contributed by atoms with van der Waals surface area (Å²) in [4.78, 5) is 43.7. The second-order valence-corrected chi connectivity index (χ2v) is 13.3. The summed E-state index contributed by atoms with van der Waals surface area (Å²) in [5.74, 6) is -0.831. The molecule has 0 aliphatic carbocycles. The van der Waals surface area contributed by atoms with Crippen LogP contribution in [0.2, 0.25) is 5.02 Å². The van der Waals surface area contributed by atoms with Crippen molar-refractivity contribution in [3.8, 4) is 0 Å². The van der Waals surface area contributed by atoms with E-state index < -0.39 is 41.1 Å². The molecule has 43 heavy (non-hydrogen) atoms. The van der Waals surface area contributed by atoms with Gasteiger partial charge in [-0.25, -0.2) is 4.79 Å². The van der Waals surface area contributed by atoms with Gasteiger partial charge in [-0.1, -0.05) is 72.3 Å². The molecule has 0 radical (unpaired) electrons. The number of ether oxygens (including phenoxy) is 1. The number of hydrogen-bond donors (Lipinski definition) is 2. The highest BCUT2D eigenvalue weighted by Gasteiger charge is 2.42. The van der Waals surface area contributed by atoms with E-state index in [0.717, 1.165) is 22.3 Å². The van der Waals surface area contributed by atoms with Crippen LogP contribution in [0.5, 0.6) is 0 Å². The predicted molar refractivity (Wildman–Crippen MR) is 173 cm³/mol. The third-order valence-corrected chi connectivity index (χ3v) is 7.46. The fraction of sp³-hybridized carbons (Fsp3) is 0.400. The van der Waals surface area contributed by atoms with Gasteiger partial charge in [0.25, 0.3) is 5.91 Å². The SMILES string of the molecule is Cc1cccc(C(C(=O)Nc2c(C)cccc2Cl)N(C(=O)C(Cc2ccccc2)NC(=O)OC(C)(C)C)C(C)(C)C)c1C. The zero-order chi connectivity index (χ0) is 32.1. The molecule has 8 heteroatoms. The molecule has 3 rings (SSSR count). The number of benzene rings is 3. The topological polar surface area (TPSA) is 87.7 Å². The first-order valence-electron chi connectivity index (χ1n) is 14.5. The number of carbonyl (C=O) groups is 3. The quantitative estimate of drug-likeness (QED) is 0.275. The summed E-state index contributed by atoms with van der Waals surface area (Å²) in [6.45, 7) is 16.7. The Labute approximate surface area is 261 Å². The smallest absolute Gasteiger partial charge is 0.408 e. The molecular weight excluding hydrogens is 562 g/mol. The maximum absolute atomic E-state index is 14.7. The van der Waals surface area contributed by atoms with Crippen molar-refractivity contribution < 1.29 is 19.1 Å². The van der Waals surface area contributed by atoms with Gasteiger partial charge in [0.2, 0.25) is 5.91 Å². The van der Waals surface area contributed by atoms with E-state index >= 15 is 0 Å². The summed E-state index contributed by atoms with van der Waals surface area (Å²) in [6, 6.07) is 18.5. The molecule has 3 amide bonds. The molecule has 0 aromatic heterocycles. The van der Waals surface area contributed by atoms with E-state index in [1.807, 2.05) is 102 Å². The average molecular weight is 606 g/mol. The average Bonchev–Trinajstić information content (AvgIpc) is 2.89. The second-order valence-electron chi connectivity index (χ2n) is 12.9. The highest BCUT2D eigenvalue weighted by molar-refractivity contribution is 6.34. The number of rotatable bonds is 8. The van der Waals surface area contributed by atoms with Gasteiger partial charge >= 0.3 is 6.09 Å². The van der Waals surface area contributed by atoms with Crippen LogP contribution in [0.25, 0.3) is 0 Å². The maximum atomic E-state index is 14.7. The van der Waals surface area contributed by atoms with Gasteiger partial charge in [-0.3, -0.25) is 9.59 Å². The lowest BCUT2D eigenvalue weighted by Crippen LogP contribution is -2.58. The number of anilines is 1. The number of hydrogen-bond acceptors (Lipinski definition) is 4. The molecule has 0 saturated heterocycles. The maximum Gasteiger partial charge on any atom is 0.408 e. The first kappa shape index (κ1) is 33.7. The largest absolute Gasteiger partial charge is 0.444 e. The Hall–Kier alpha value is -3.84. The molecule has 0 bridgehead atoms. The van der Waals surface area contributed by atoms with Crippen LogP contribution in [0.1, 0.15) is 75.4 Å². The van der Waals surface area contributed by atoms with Crippen molar-refractivity contribution in [1.29, 1.82) is 0 Å². The number of alkyl carbamates (subject to hydrolysis) is 1. The summed E-state index contributed by atoms with van der Waals surface area (Å²) in [5.41, 5.74) is 3.09. The van der Waals surface area contributed by atoms with Crippen molar-refractivity contribution in [2.75, 3.05) is 5.32 Å². The molecule has 3 aromatic rings. The summed E-state index contributed by atoms with van der Waals surface area (Å²) >= 11 is 6.51. The minimum Gasteiger partial charge on any atom is -0.444 e. The number of aryl methyl sites for hydroxylation is 2. The Morgan fingerprint density at radius 1 is 0.837 bits per heavy atom. The molecule has 0 aliphatic rings. The molecule has 0 saturated carbocycles. The Kier molecular flexibility index (Phi) is 10.7. The Bertz CT molecular complexity index is 1440. The van der Waals surface area contributed by atoms with Crippen LogP contribution in [0.15, 0.2) is 66.7 Å². The number of para-hydroxylation sites is 1. The Morgan fingerprint density at radius 3 is 2.02 bits per heavy atom. The highest BCUT2D eigenvalue weighted by atomic mass is 35.5. The zero-order valence-corrected chi connectivity index (χ0v) is 27.4. The minimum atomic E-state index is -1.04. The molecular formula is C35H44ClN3O4. The standard InChI is InChI=1S/C35H44ClN3O4/c1-22-15-13-19-26(24(22)3)30(31(40)38-29-23(2)16-14-20-27(29)36)39(34(4,5)6)32(41)28(21-25-17-11-10-12-18-25)37-33(42)43-35(7,8)9/h10-20,28,30H,21H2,1-9H3,(H,37,42)(H,38,40). The van der Waals surface area contributed by atoms with E-state index in [9.17, 15) is 14.4 Å². The molecule has 2 atom stereocenters. The highest BCUT2D eigenvalue weighted by Crippen LogP contribution is 2.35. The normalized spacial score (nSPS) is 13.1. The summed E-state index contributed by atoms with van der Waals surface area (Å²) < 4.78 is 5.54. The third-order valence-electron chi connectivity index (χ3n) is 7.15. The lowest BCUT2D eigenvalue weighted by atomic mass is 9.90. The first-order chi connectivity index (χ1) is 20.0. The van der Waals surface area contributed by atoms with E-state index in [1.54, 1.807) is 31.7 Å². The number of carbonyl (C=O) groups excluding carboxylic acids is 3. The molecule has 0 heterocycles. The molecule has 230 valence electrons. The molecule has 3 aromatic carbocycles. The number of nitrogens with one attached hydrogen (secondary N) is 2. The number of amides is 3. The number of halogens is 1. The van der Waals surface area contributed by atoms with Crippen LogP contribution in [-0.4, -0.2) is 40.0 Å². The van der Waals surface area contributed by atoms with Crippen molar-refractivity contribution in [2.45, 2.75) is 92.0 Å². The summed E-state index contributed by atoms with van der Waals surface area (Å²) in [6.07, 6.45) is -0.508. The molecule has 7 nitrogen and oxygen atoms in total. The van der Waals surface area contributed by atoms with Crippen LogP contribution >= 0.6 is 11.6 Å². The second kappa shape index (κ2) is 13.6. The number of nitrogens with zero attached hydrogens (tertiary/aromatic N) is 1. The minimum absolute atomic E-state index is 0.205. The van der Waals surface area contributed by atoms with Gasteiger partial charge in [0.1, 0.15) is 17.7 Å². The van der Waals surface area contributed by atoms with Gasteiger partial charge in [0, 0.05) is 12.0 Å². The van der Waals surface area contributed by atoms with Gasteiger partial charge in [-0.05, 0) is 96.2 Å². The Morgan fingerprint density at radius 2 is 1.44 bits per heavy atom. The van der Waals surface area contributed by atoms with E-state index in [1.165, 1.54) is 0 Å². The molecule has 2 N–H and O–H groups in total. The summed E-state index contributed by atoms with van der Waals surface area (Å²) in [5, 5.41) is 6.22. The van der Waals surface area contributed by atoms with Crippen LogP contribution in [-0.2, 0) is 20.7 Å².